The first-order valence-corrected chi connectivity index (χ1v) is 8.53. The molecule has 0 saturated heterocycles. The second-order valence-electron chi connectivity index (χ2n) is 6.08. The minimum atomic E-state index is -0.142. The van der Waals surface area contributed by atoms with Gasteiger partial charge in [0.25, 0.3) is 0 Å². The Morgan fingerprint density at radius 3 is 2.72 bits per heavy atom. The van der Waals surface area contributed by atoms with Crippen LogP contribution in [0.4, 0.5) is 5.69 Å². The lowest BCUT2D eigenvalue weighted by atomic mass is 9.90. The fourth-order valence-electron chi connectivity index (χ4n) is 3.19. The van der Waals surface area contributed by atoms with Crippen LogP contribution in [0.3, 0.4) is 0 Å². The summed E-state index contributed by atoms with van der Waals surface area (Å²) < 4.78 is 10.5. The third-order valence-electron chi connectivity index (χ3n) is 4.51. The molecule has 0 bridgehead atoms. The second kappa shape index (κ2) is 7.88. The van der Waals surface area contributed by atoms with E-state index in [1.54, 1.807) is 26.4 Å². The van der Waals surface area contributed by atoms with E-state index < -0.39 is 0 Å². The predicted molar refractivity (Wildman–Crippen MR) is 100 cm³/mol. The minimum absolute atomic E-state index is 0.142. The highest BCUT2D eigenvalue weighted by molar-refractivity contribution is 6.02. The summed E-state index contributed by atoms with van der Waals surface area (Å²) in [6, 6.07) is 11.6. The Morgan fingerprint density at radius 1 is 1.08 bits per heavy atom. The smallest absolute Gasteiger partial charge is 0.248 e. The number of benzene rings is 2. The number of ether oxygens (including phenoxy) is 2. The maximum absolute atomic E-state index is 12.3. The van der Waals surface area contributed by atoms with Gasteiger partial charge in [-0.15, -0.1) is 0 Å². The highest BCUT2D eigenvalue weighted by Crippen LogP contribution is 2.28. The second-order valence-corrected chi connectivity index (χ2v) is 6.08. The van der Waals surface area contributed by atoms with Crippen molar-refractivity contribution in [3.05, 3.63) is 59.2 Å². The van der Waals surface area contributed by atoms with Gasteiger partial charge in [-0.05, 0) is 61.1 Å². The van der Waals surface area contributed by atoms with Crippen LogP contribution < -0.4 is 14.8 Å². The molecule has 0 atom stereocenters. The summed E-state index contributed by atoms with van der Waals surface area (Å²) in [7, 11) is 3.21. The molecule has 4 heteroatoms. The first kappa shape index (κ1) is 17.1. The number of anilines is 1. The molecule has 1 N–H and O–H groups in total. The Kier molecular flexibility index (Phi) is 5.39. The molecule has 0 spiro atoms. The average molecular weight is 337 g/mol. The van der Waals surface area contributed by atoms with Gasteiger partial charge in [0, 0.05) is 23.4 Å². The first-order chi connectivity index (χ1) is 12.2. The summed E-state index contributed by atoms with van der Waals surface area (Å²) in [6.07, 6.45) is 7.82. The van der Waals surface area contributed by atoms with Gasteiger partial charge in [0.05, 0.1) is 14.2 Å². The highest BCUT2D eigenvalue weighted by atomic mass is 16.5. The van der Waals surface area contributed by atoms with Gasteiger partial charge in [-0.3, -0.25) is 4.79 Å². The third kappa shape index (κ3) is 4.02. The maximum atomic E-state index is 12.3. The first-order valence-electron chi connectivity index (χ1n) is 8.53. The summed E-state index contributed by atoms with van der Waals surface area (Å²) in [6.45, 7) is 0. The van der Waals surface area contributed by atoms with Gasteiger partial charge < -0.3 is 14.8 Å². The van der Waals surface area contributed by atoms with Crippen molar-refractivity contribution < 1.29 is 14.3 Å². The summed E-state index contributed by atoms with van der Waals surface area (Å²) in [5.41, 5.74) is 4.38. The summed E-state index contributed by atoms with van der Waals surface area (Å²) in [5, 5.41) is 3.01. The lowest BCUT2D eigenvalue weighted by molar-refractivity contribution is -0.111. The van der Waals surface area contributed by atoms with E-state index >= 15 is 0 Å². The van der Waals surface area contributed by atoms with E-state index in [0.717, 1.165) is 29.8 Å². The van der Waals surface area contributed by atoms with E-state index in [1.165, 1.54) is 30.0 Å². The zero-order chi connectivity index (χ0) is 17.6. The highest BCUT2D eigenvalue weighted by Gasteiger charge is 2.13. The monoisotopic (exact) mass is 337 g/mol. The Balaban J connectivity index is 1.74. The van der Waals surface area contributed by atoms with Crippen LogP contribution in [0.2, 0.25) is 0 Å². The van der Waals surface area contributed by atoms with Crippen LogP contribution in [0.15, 0.2) is 42.5 Å². The van der Waals surface area contributed by atoms with Crippen LogP contribution in [-0.4, -0.2) is 20.1 Å². The molecule has 1 aliphatic rings. The number of amides is 1. The minimum Gasteiger partial charge on any atom is -0.497 e. The SMILES string of the molecule is COc1ccc(/C=C/C(=O)Nc2cccc3c2CCCC3)c(OC)c1. The summed E-state index contributed by atoms with van der Waals surface area (Å²) >= 11 is 0. The number of fused-ring (bicyclic) bond motifs is 1. The van der Waals surface area contributed by atoms with Crippen molar-refractivity contribution in [2.75, 3.05) is 19.5 Å². The van der Waals surface area contributed by atoms with Gasteiger partial charge in [-0.1, -0.05) is 12.1 Å². The molecule has 0 fully saturated rings. The number of rotatable bonds is 5. The van der Waals surface area contributed by atoms with E-state index in [2.05, 4.69) is 11.4 Å². The zero-order valence-corrected chi connectivity index (χ0v) is 14.7. The van der Waals surface area contributed by atoms with Crippen LogP contribution in [0, 0.1) is 0 Å². The Hall–Kier alpha value is -2.75. The van der Waals surface area contributed by atoms with Gasteiger partial charge in [-0.2, -0.15) is 0 Å². The quantitative estimate of drug-likeness (QED) is 0.831. The molecule has 2 aromatic rings. The molecule has 0 aliphatic heterocycles. The molecule has 130 valence electrons. The van der Waals surface area contributed by atoms with Gasteiger partial charge in [0.15, 0.2) is 0 Å². The number of aryl methyl sites for hydroxylation is 1. The molecule has 25 heavy (non-hydrogen) atoms. The lowest BCUT2D eigenvalue weighted by Crippen LogP contribution is -2.13. The number of methoxy groups -OCH3 is 2. The number of nitrogens with one attached hydrogen (secondary N) is 1. The van der Waals surface area contributed by atoms with Crippen molar-refractivity contribution in [2.24, 2.45) is 0 Å². The van der Waals surface area contributed by atoms with Gasteiger partial charge in [-0.25, -0.2) is 0 Å². The van der Waals surface area contributed by atoms with Crippen LogP contribution in [-0.2, 0) is 17.6 Å². The number of hydrogen-bond donors (Lipinski definition) is 1. The van der Waals surface area contributed by atoms with E-state index in [1.807, 2.05) is 24.3 Å². The van der Waals surface area contributed by atoms with Crippen molar-refractivity contribution in [2.45, 2.75) is 25.7 Å². The van der Waals surface area contributed by atoms with Gasteiger partial charge in [0.2, 0.25) is 5.91 Å². The number of hydrogen-bond acceptors (Lipinski definition) is 3. The molecule has 2 aromatic carbocycles. The predicted octanol–water partition coefficient (Wildman–Crippen LogP) is 4.23. The molecule has 0 unspecified atom stereocenters. The van der Waals surface area contributed by atoms with E-state index in [-0.39, 0.29) is 5.91 Å². The molecule has 0 radical (unpaired) electrons. The van der Waals surface area contributed by atoms with Crippen LogP contribution >= 0.6 is 0 Å². The number of carbonyl (C=O) groups excluding carboxylic acids is 1. The maximum Gasteiger partial charge on any atom is 0.248 e. The van der Waals surface area contributed by atoms with E-state index in [4.69, 9.17) is 9.47 Å². The Bertz CT molecular complexity index is 796. The summed E-state index contributed by atoms with van der Waals surface area (Å²) in [4.78, 5) is 12.3. The van der Waals surface area contributed by atoms with Crippen molar-refractivity contribution in [1.82, 2.24) is 0 Å². The van der Waals surface area contributed by atoms with Crippen molar-refractivity contribution in [3.8, 4) is 11.5 Å². The lowest BCUT2D eigenvalue weighted by Gasteiger charge is -2.19. The average Bonchev–Trinajstić information content (AvgIpc) is 2.66. The van der Waals surface area contributed by atoms with Crippen LogP contribution in [0.5, 0.6) is 11.5 Å². The van der Waals surface area contributed by atoms with Gasteiger partial charge >= 0.3 is 0 Å². The van der Waals surface area contributed by atoms with Crippen LogP contribution in [0.25, 0.3) is 6.08 Å². The molecule has 1 amide bonds. The normalized spacial score (nSPS) is 13.4. The van der Waals surface area contributed by atoms with Gasteiger partial charge in [0.1, 0.15) is 11.5 Å². The van der Waals surface area contributed by atoms with E-state index in [0.29, 0.717) is 5.75 Å². The van der Waals surface area contributed by atoms with Crippen LogP contribution in [0.1, 0.15) is 29.5 Å². The largest absolute Gasteiger partial charge is 0.497 e. The molecular formula is C21H23NO3. The molecule has 0 aromatic heterocycles. The zero-order valence-electron chi connectivity index (χ0n) is 14.7. The third-order valence-corrected chi connectivity index (χ3v) is 4.51. The molecular weight excluding hydrogens is 314 g/mol. The molecule has 0 heterocycles. The van der Waals surface area contributed by atoms with Crippen molar-refractivity contribution in [3.63, 3.8) is 0 Å². The molecule has 4 nitrogen and oxygen atoms in total. The fourth-order valence-corrected chi connectivity index (χ4v) is 3.19. The molecule has 0 saturated carbocycles. The Morgan fingerprint density at radius 2 is 1.92 bits per heavy atom. The summed E-state index contributed by atoms with van der Waals surface area (Å²) in [5.74, 6) is 1.24. The fraction of sp³-hybridized carbons (Fsp3) is 0.286. The number of carbonyl (C=O) groups is 1. The standard InChI is InChI=1S/C21H23NO3/c1-24-17-12-10-16(20(14-17)25-2)11-13-21(23)22-19-9-5-7-15-6-3-4-8-18(15)19/h5,7,9-14H,3-4,6,8H2,1-2H3,(H,22,23)/b13-11+. The topological polar surface area (TPSA) is 47.6 Å². The Labute approximate surface area is 148 Å². The van der Waals surface area contributed by atoms with Crippen molar-refractivity contribution in [1.29, 1.82) is 0 Å². The van der Waals surface area contributed by atoms with E-state index in [9.17, 15) is 4.79 Å². The molecule has 3 rings (SSSR count). The molecule has 1 aliphatic carbocycles. The van der Waals surface area contributed by atoms with Crippen molar-refractivity contribution >= 4 is 17.7 Å².